The van der Waals surface area contributed by atoms with Crippen LogP contribution in [0, 0.1) is 0 Å². The van der Waals surface area contributed by atoms with Crippen LogP contribution in [0.15, 0.2) is 6.20 Å². The highest BCUT2D eigenvalue weighted by molar-refractivity contribution is 6.59. The Kier molecular flexibility index (Phi) is 4.56. The predicted octanol–water partition coefficient (Wildman–Crippen LogP) is 1.70. The Morgan fingerprint density at radius 2 is 2.06 bits per heavy atom. The molecule has 6 radical (unpaired) electrons. The number of hydrogen-bond donors (Lipinski definition) is 1. The summed E-state index contributed by atoms with van der Waals surface area (Å²) < 4.78 is 15.6. The number of fused-ring (bicyclic) bond motifs is 2. The number of aromatic nitrogens is 6. The van der Waals surface area contributed by atoms with Gasteiger partial charge in [-0.3, -0.25) is 4.68 Å². The Bertz CT molecular complexity index is 1200. The van der Waals surface area contributed by atoms with Crippen molar-refractivity contribution in [1.29, 1.82) is 0 Å². The first-order valence-electron chi connectivity index (χ1n) is 10.8. The van der Waals surface area contributed by atoms with Gasteiger partial charge < -0.3 is 14.8 Å². The SMILES string of the molecule is [B]C([B])([B])c1c2c(nn1[C@H]1CCOC3(CC3)C1)OCCCn1nc(Cl)c3cnc(nc31)N2. The van der Waals surface area contributed by atoms with Crippen molar-refractivity contribution in [2.24, 2.45) is 0 Å². The number of aryl methyl sites for hydroxylation is 1. The standard InChI is InChI=1S/C19H19B3ClN7O2/c20-19(21,22)13-12-16(28-30(13)10-2-7-32-18(8-10)3-4-18)31-6-1-5-29-15-11(14(23)27-29)9-24-17(25-12)26-15/h9-10H,1-8H2,(H,24,25,26)/t10-/m0/s1. The number of nitrogens with zero attached hydrogens (tertiary/aromatic N) is 6. The summed E-state index contributed by atoms with van der Waals surface area (Å²) in [6.07, 6.45) is 6.03. The normalized spacial score (nSPS) is 22.2. The molecule has 1 aliphatic carbocycles. The largest absolute Gasteiger partial charge is 0.475 e. The summed E-state index contributed by atoms with van der Waals surface area (Å²) in [7, 11) is 18.7. The van der Waals surface area contributed by atoms with E-state index in [1.165, 1.54) is 0 Å². The number of ether oxygens (including phenoxy) is 2. The molecule has 2 fully saturated rings. The van der Waals surface area contributed by atoms with Crippen LogP contribution in [-0.4, -0.2) is 71.9 Å². The van der Waals surface area contributed by atoms with Crippen LogP contribution in [0.4, 0.5) is 11.6 Å². The Morgan fingerprint density at radius 1 is 1.22 bits per heavy atom. The summed E-state index contributed by atoms with van der Waals surface area (Å²) in [6, 6.07) is 0.0470. The lowest BCUT2D eigenvalue weighted by molar-refractivity contribution is -0.0275. The van der Waals surface area contributed by atoms with Gasteiger partial charge in [0, 0.05) is 31.5 Å². The van der Waals surface area contributed by atoms with E-state index in [9.17, 15) is 0 Å². The van der Waals surface area contributed by atoms with Gasteiger partial charge >= 0.3 is 0 Å². The molecule has 32 heavy (non-hydrogen) atoms. The third-order valence-corrected chi connectivity index (χ3v) is 6.62. The molecule has 2 aliphatic heterocycles. The molecule has 1 spiro atoms. The lowest BCUT2D eigenvalue weighted by Gasteiger charge is -2.33. The smallest absolute Gasteiger partial charge is 0.257 e. The summed E-state index contributed by atoms with van der Waals surface area (Å²) in [5.74, 6) is 0.682. The topological polar surface area (TPSA) is 91.9 Å². The van der Waals surface area contributed by atoms with E-state index >= 15 is 0 Å². The van der Waals surface area contributed by atoms with E-state index in [0.717, 1.165) is 25.7 Å². The maximum absolute atomic E-state index is 6.25. The zero-order valence-corrected chi connectivity index (χ0v) is 18.2. The lowest BCUT2D eigenvalue weighted by Crippen LogP contribution is -2.36. The van der Waals surface area contributed by atoms with Crippen molar-refractivity contribution in [2.45, 2.75) is 55.4 Å². The van der Waals surface area contributed by atoms with Crippen LogP contribution in [0.5, 0.6) is 5.88 Å². The molecule has 0 aromatic carbocycles. The summed E-state index contributed by atoms with van der Waals surface area (Å²) >= 11 is 6.25. The summed E-state index contributed by atoms with van der Waals surface area (Å²) in [4.78, 5) is 9.01. The quantitative estimate of drug-likeness (QED) is 0.601. The average molecular weight is 445 g/mol. The van der Waals surface area contributed by atoms with Crippen LogP contribution in [0.1, 0.15) is 43.8 Å². The number of hydrogen-bond acceptors (Lipinski definition) is 7. The molecule has 1 saturated heterocycles. The molecule has 5 heterocycles. The molecule has 2 bridgehead atoms. The highest BCUT2D eigenvalue weighted by Crippen LogP contribution is 2.50. The molecule has 3 aromatic rings. The third kappa shape index (κ3) is 3.39. The highest BCUT2D eigenvalue weighted by atomic mass is 35.5. The molecule has 13 heteroatoms. The zero-order chi connectivity index (χ0) is 22.1. The van der Waals surface area contributed by atoms with Gasteiger partial charge in [0.05, 0.1) is 47.2 Å². The minimum absolute atomic E-state index is 0.0470. The van der Waals surface area contributed by atoms with Gasteiger partial charge in [-0.2, -0.15) is 10.1 Å². The van der Waals surface area contributed by atoms with Crippen molar-refractivity contribution in [3.63, 3.8) is 0 Å². The first-order chi connectivity index (χ1) is 15.3. The number of rotatable bonds is 2. The first-order valence-corrected chi connectivity index (χ1v) is 11.1. The second-order valence-electron chi connectivity index (χ2n) is 8.86. The summed E-state index contributed by atoms with van der Waals surface area (Å²) in [5.41, 5.74) is 1.47. The van der Waals surface area contributed by atoms with Crippen LogP contribution < -0.4 is 10.1 Å². The van der Waals surface area contributed by atoms with E-state index in [1.807, 2.05) is 4.68 Å². The van der Waals surface area contributed by atoms with Crippen molar-refractivity contribution in [2.75, 3.05) is 18.5 Å². The van der Waals surface area contributed by atoms with Gasteiger partial charge in [-0.1, -0.05) is 16.7 Å². The molecule has 1 N–H and O–H groups in total. The fourth-order valence-electron chi connectivity index (χ4n) is 4.64. The molecule has 3 aliphatic rings. The zero-order valence-electron chi connectivity index (χ0n) is 17.4. The average Bonchev–Trinajstić information content (AvgIpc) is 3.26. The van der Waals surface area contributed by atoms with Gasteiger partial charge in [0.2, 0.25) is 5.95 Å². The number of nitrogens with one attached hydrogen (secondary N) is 1. The Hall–Kier alpha value is -2.20. The Balaban J connectivity index is 1.47. The van der Waals surface area contributed by atoms with Crippen molar-refractivity contribution < 1.29 is 9.47 Å². The number of halogens is 1. The van der Waals surface area contributed by atoms with Crippen LogP contribution >= 0.6 is 11.6 Å². The van der Waals surface area contributed by atoms with Crippen LogP contribution in [0.25, 0.3) is 11.0 Å². The monoisotopic (exact) mass is 445 g/mol. The maximum Gasteiger partial charge on any atom is 0.257 e. The molecule has 0 unspecified atom stereocenters. The van der Waals surface area contributed by atoms with E-state index in [0.29, 0.717) is 65.6 Å². The van der Waals surface area contributed by atoms with E-state index in [2.05, 4.69) is 20.4 Å². The molecular weight excluding hydrogens is 426 g/mol. The van der Waals surface area contributed by atoms with Gasteiger partial charge in [0.15, 0.2) is 10.8 Å². The second kappa shape index (κ2) is 7.15. The third-order valence-electron chi connectivity index (χ3n) is 6.34. The van der Waals surface area contributed by atoms with E-state index in [1.54, 1.807) is 10.9 Å². The van der Waals surface area contributed by atoms with Crippen molar-refractivity contribution in [3.05, 3.63) is 17.0 Å². The second-order valence-corrected chi connectivity index (χ2v) is 9.21. The van der Waals surface area contributed by atoms with Gasteiger partial charge in [0.1, 0.15) is 5.69 Å². The molecule has 1 atom stereocenters. The van der Waals surface area contributed by atoms with Crippen molar-refractivity contribution >= 4 is 57.8 Å². The van der Waals surface area contributed by atoms with Crippen molar-refractivity contribution in [1.82, 2.24) is 29.5 Å². The first kappa shape index (κ1) is 20.4. The molecule has 158 valence electrons. The minimum Gasteiger partial charge on any atom is -0.475 e. The van der Waals surface area contributed by atoms with E-state index in [-0.39, 0.29) is 11.6 Å². The van der Waals surface area contributed by atoms with Gasteiger partial charge in [-0.25, -0.2) is 9.67 Å². The fourth-order valence-corrected chi connectivity index (χ4v) is 4.86. The molecular formula is C19H19B3ClN7O2. The van der Waals surface area contributed by atoms with Crippen molar-refractivity contribution in [3.8, 4) is 5.88 Å². The molecule has 3 aromatic heterocycles. The maximum atomic E-state index is 6.25. The molecule has 0 amide bonds. The van der Waals surface area contributed by atoms with Crippen LogP contribution in [0.3, 0.4) is 0 Å². The minimum atomic E-state index is -1.67. The van der Waals surface area contributed by atoms with Gasteiger partial charge in [-0.05, 0) is 25.7 Å². The van der Waals surface area contributed by atoms with Crippen LogP contribution in [0.2, 0.25) is 5.15 Å². The van der Waals surface area contributed by atoms with E-state index in [4.69, 9.17) is 49.7 Å². The molecule has 9 nitrogen and oxygen atoms in total. The summed E-state index contributed by atoms with van der Waals surface area (Å²) in [6.45, 7) is 1.64. The van der Waals surface area contributed by atoms with Gasteiger partial charge in [-0.15, -0.1) is 5.10 Å². The van der Waals surface area contributed by atoms with Crippen LogP contribution in [-0.2, 0) is 16.4 Å². The Morgan fingerprint density at radius 3 is 2.84 bits per heavy atom. The Labute approximate surface area is 193 Å². The summed E-state index contributed by atoms with van der Waals surface area (Å²) in [5, 5.41) is 11.7. The molecule has 6 rings (SSSR count). The highest BCUT2D eigenvalue weighted by Gasteiger charge is 2.49. The van der Waals surface area contributed by atoms with Gasteiger partial charge in [0.25, 0.3) is 5.88 Å². The molecule has 1 saturated carbocycles. The van der Waals surface area contributed by atoms with E-state index < -0.39 is 5.11 Å². The number of anilines is 2. The fraction of sp³-hybridized carbons (Fsp3) is 0.579. The predicted molar refractivity (Wildman–Crippen MR) is 121 cm³/mol. The lowest BCUT2D eigenvalue weighted by atomic mass is 9.41.